The van der Waals surface area contributed by atoms with E-state index in [2.05, 4.69) is 11.3 Å². The molecule has 11 heavy (non-hydrogen) atoms. The van der Waals surface area contributed by atoms with Gasteiger partial charge in [-0.1, -0.05) is 6.92 Å². The van der Waals surface area contributed by atoms with Crippen LogP contribution in [0.15, 0.2) is 6.07 Å². The Morgan fingerprint density at radius 2 is 2.45 bits per heavy atom. The molecule has 61 valence electrons. The normalized spacial score (nSPS) is 10.9. The highest BCUT2D eigenvalue weighted by molar-refractivity contribution is 4.98. The van der Waals surface area contributed by atoms with Crippen molar-refractivity contribution >= 4 is 0 Å². The minimum atomic E-state index is -2.34. The lowest BCUT2D eigenvalue weighted by atomic mass is 10.3. The zero-order valence-corrected chi connectivity index (χ0v) is 6.22. The van der Waals surface area contributed by atoms with E-state index in [-0.39, 0.29) is 6.54 Å². The average Bonchev–Trinajstić information content (AvgIpc) is 2.34. The van der Waals surface area contributed by atoms with Crippen LogP contribution >= 0.6 is 0 Å². The Balaban J connectivity index is 2.68. The Hall–Kier alpha value is -0.930. The zero-order chi connectivity index (χ0) is 8.27. The first-order valence-electron chi connectivity index (χ1n) is 3.45. The molecule has 0 N–H and O–H groups in total. The largest absolute Gasteiger partial charge is 0.263 e. The van der Waals surface area contributed by atoms with Crippen LogP contribution in [0.3, 0.4) is 0 Å². The Bertz CT molecular complexity index is 220. The quantitative estimate of drug-likeness (QED) is 0.653. The van der Waals surface area contributed by atoms with Crippen LogP contribution in [0, 0.1) is 6.20 Å². The fourth-order valence-corrected chi connectivity index (χ4v) is 0.885. The van der Waals surface area contributed by atoms with Gasteiger partial charge in [-0.15, -0.1) is 0 Å². The number of hydrogen-bond donors (Lipinski definition) is 0. The van der Waals surface area contributed by atoms with Crippen LogP contribution in [-0.2, 0) is 13.0 Å². The summed E-state index contributed by atoms with van der Waals surface area (Å²) in [6, 6.07) is 1.63. The van der Waals surface area contributed by atoms with Gasteiger partial charge in [0, 0.05) is 5.69 Å². The molecule has 0 fully saturated rings. The molecule has 0 saturated carbocycles. The first-order chi connectivity index (χ1) is 5.24. The smallest absolute Gasteiger partial charge is 0.257 e. The summed E-state index contributed by atoms with van der Waals surface area (Å²) in [6.07, 6.45) is 0.907. The maximum Gasteiger partial charge on any atom is 0.257 e. The van der Waals surface area contributed by atoms with E-state index >= 15 is 0 Å². The molecule has 4 heteroatoms. The maximum absolute atomic E-state index is 11.8. The molecule has 0 atom stereocenters. The van der Waals surface area contributed by atoms with E-state index in [0.717, 1.165) is 5.69 Å². The van der Waals surface area contributed by atoms with Gasteiger partial charge in [0.05, 0.1) is 0 Å². The monoisotopic (exact) mass is 159 g/mol. The molecule has 0 aliphatic heterocycles. The lowest BCUT2D eigenvalue weighted by molar-refractivity contribution is 0.120. The Morgan fingerprint density at radius 3 is 3.00 bits per heavy atom. The Kier molecular flexibility index (Phi) is 2.57. The van der Waals surface area contributed by atoms with Crippen LogP contribution in [0.1, 0.15) is 12.6 Å². The lowest BCUT2D eigenvalue weighted by Crippen LogP contribution is -2.10. The van der Waals surface area contributed by atoms with Crippen molar-refractivity contribution in [1.29, 1.82) is 0 Å². The second-order valence-electron chi connectivity index (χ2n) is 2.19. The van der Waals surface area contributed by atoms with Gasteiger partial charge in [-0.25, -0.2) is 8.78 Å². The minimum Gasteiger partial charge on any atom is -0.263 e. The molecule has 0 aliphatic rings. The number of nitrogens with zero attached hydrogens (tertiary/aromatic N) is 2. The van der Waals surface area contributed by atoms with Gasteiger partial charge in [0.15, 0.2) is 0 Å². The van der Waals surface area contributed by atoms with Crippen LogP contribution in [0.4, 0.5) is 8.78 Å². The molecule has 0 aliphatic carbocycles. The molecule has 0 unspecified atom stereocenters. The molecule has 1 aromatic rings. The van der Waals surface area contributed by atoms with E-state index in [1.54, 1.807) is 6.07 Å². The third-order valence-electron chi connectivity index (χ3n) is 1.41. The van der Waals surface area contributed by atoms with Crippen molar-refractivity contribution in [3.63, 3.8) is 0 Å². The van der Waals surface area contributed by atoms with Crippen molar-refractivity contribution < 1.29 is 8.78 Å². The number of halogens is 2. The van der Waals surface area contributed by atoms with Crippen molar-refractivity contribution in [3.05, 3.63) is 18.0 Å². The summed E-state index contributed by atoms with van der Waals surface area (Å²) in [5.74, 6) is 0. The summed E-state index contributed by atoms with van der Waals surface area (Å²) in [5.41, 5.74) is 0.797. The van der Waals surface area contributed by atoms with Gasteiger partial charge in [0.1, 0.15) is 12.7 Å². The molecule has 0 amide bonds. The highest BCUT2D eigenvalue weighted by Crippen LogP contribution is 2.03. The second-order valence-corrected chi connectivity index (χ2v) is 2.19. The zero-order valence-electron chi connectivity index (χ0n) is 6.22. The van der Waals surface area contributed by atoms with Crippen LogP contribution in [-0.4, -0.2) is 16.2 Å². The van der Waals surface area contributed by atoms with E-state index in [0.29, 0.717) is 6.42 Å². The highest BCUT2D eigenvalue weighted by atomic mass is 19.3. The van der Waals surface area contributed by atoms with Crippen LogP contribution in [0.25, 0.3) is 0 Å². The Morgan fingerprint density at radius 1 is 1.73 bits per heavy atom. The standard InChI is InChI=1S/C7H9F2N2/c1-2-6-3-4-10-11(6)5-7(8)9/h3,7H,2,5H2,1H3. The predicted molar refractivity (Wildman–Crippen MR) is 36.4 cm³/mol. The third-order valence-corrected chi connectivity index (χ3v) is 1.41. The molecule has 1 heterocycles. The van der Waals surface area contributed by atoms with Crippen molar-refractivity contribution in [3.8, 4) is 0 Å². The van der Waals surface area contributed by atoms with Crippen molar-refractivity contribution in [2.75, 3.05) is 0 Å². The van der Waals surface area contributed by atoms with E-state index in [1.165, 1.54) is 4.68 Å². The first kappa shape index (κ1) is 8.17. The van der Waals surface area contributed by atoms with E-state index in [1.807, 2.05) is 6.92 Å². The predicted octanol–water partition coefficient (Wildman–Crippen LogP) is 1.51. The molecule has 1 rings (SSSR count). The van der Waals surface area contributed by atoms with Crippen LogP contribution < -0.4 is 0 Å². The highest BCUT2D eigenvalue weighted by Gasteiger charge is 2.06. The molecule has 0 bridgehead atoms. The lowest BCUT2D eigenvalue weighted by Gasteiger charge is -2.03. The van der Waals surface area contributed by atoms with Gasteiger partial charge in [0.25, 0.3) is 6.43 Å². The number of aryl methyl sites for hydroxylation is 1. The summed E-state index contributed by atoms with van der Waals surface area (Å²) in [5, 5.41) is 3.64. The van der Waals surface area contributed by atoms with Crippen molar-refractivity contribution in [1.82, 2.24) is 9.78 Å². The summed E-state index contributed by atoms with van der Waals surface area (Å²) in [6.45, 7) is 1.57. The van der Waals surface area contributed by atoms with Gasteiger partial charge in [-0.3, -0.25) is 4.68 Å². The molecule has 2 nitrogen and oxygen atoms in total. The molecule has 0 spiro atoms. The van der Waals surface area contributed by atoms with Crippen LogP contribution in [0.5, 0.6) is 0 Å². The summed E-state index contributed by atoms with van der Waals surface area (Å²) in [4.78, 5) is 0. The van der Waals surface area contributed by atoms with Gasteiger partial charge >= 0.3 is 0 Å². The topological polar surface area (TPSA) is 17.8 Å². The van der Waals surface area contributed by atoms with Crippen molar-refractivity contribution in [2.24, 2.45) is 0 Å². The minimum absolute atomic E-state index is 0.327. The summed E-state index contributed by atoms with van der Waals surface area (Å²) >= 11 is 0. The fraction of sp³-hybridized carbons (Fsp3) is 0.571. The van der Waals surface area contributed by atoms with Gasteiger partial charge < -0.3 is 0 Å². The number of rotatable bonds is 3. The number of aromatic nitrogens is 2. The van der Waals surface area contributed by atoms with Crippen molar-refractivity contribution in [2.45, 2.75) is 26.3 Å². The first-order valence-corrected chi connectivity index (χ1v) is 3.45. The Labute approximate surface area is 63.8 Å². The van der Waals surface area contributed by atoms with Gasteiger partial charge in [-0.05, 0) is 12.5 Å². The van der Waals surface area contributed by atoms with Gasteiger partial charge in [-0.2, -0.15) is 5.10 Å². The number of alkyl halides is 2. The molecule has 1 aromatic heterocycles. The molecular formula is C7H9F2N2. The molecule has 0 aromatic carbocycles. The molecule has 1 radical (unpaired) electrons. The summed E-state index contributed by atoms with van der Waals surface area (Å²) in [7, 11) is 0. The molecule has 0 saturated heterocycles. The van der Waals surface area contributed by atoms with Gasteiger partial charge in [0.2, 0.25) is 0 Å². The van der Waals surface area contributed by atoms with E-state index < -0.39 is 6.43 Å². The van der Waals surface area contributed by atoms with E-state index in [9.17, 15) is 8.78 Å². The second kappa shape index (κ2) is 3.46. The van der Waals surface area contributed by atoms with Crippen LogP contribution in [0.2, 0.25) is 0 Å². The molecular weight excluding hydrogens is 150 g/mol. The fourth-order valence-electron chi connectivity index (χ4n) is 0.885. The third kappa shape index (κ3) is 2.00. The average molecular weight is 159 g/mol. The number of hydrogen-bond acceptors (Lipinski definition) is 1. The summed E-state index contributed by atoms with van der Waals surface area (Å²) < 4.78 is 25.0. The van der Waals surface area contributed by atoms with E-state index in [4.69, 9.17) is 0 Å². The maximum atomic E-state index is 11.8. The SMILES string of the molecule is CCc1c[c]nn1CC(F)F.